The minimum absolute atomic E-state index is 0.331. The maximum Gasteiger partial charge on any atom is 0.496 e. The van der Waals surface area contributed by atoms with E-state index in [1.807, 2.05) is 33.8 Å². The molecule has 0 radical (unpaired) electrons. The van der Waals surface area contributed by atoms with Crippen molar-refractivity contribution in [3.63, 3.8) is 0 Å². The van der Waals surface area contributed by atoms with Crippen LogP contribution in [0.1, 0.15) is 27.7 Å². The first kappa shape index (κ1) is 12.4. The lowest BCUT2D eigenvalue weighted by Crippen LogP contribution is -2.41. The summed E-state index contributed by atoms with van der Waals surface area (Å²) >= 11 is 0. The molecule has 0 bridgehead atoms. The summed E-state index contributed by atoms with van der Waals surface area (Å²) in [6.45, 7) is 8.10. The van der Waals surface area contributed by atoms with E-state index in [2.05, 4.69) is 10.4 Å². The Hall–Kier alpha value is -1.11. The van der Waals surface area contributed by atoms with E-state index in [1.54, 1.807) is 12.3 Å². The predicted octanol–water partition coefficient (Wildman–Crippen LogP) is 0.666. The maximum atomic E-state index is 5.91. The number of aromatic nitrogens is 1. The third-order valence-electron chi connectivity index (χ3n) is 3.46. The average molecular weight is 235 g/mol. The highest BCUT2D eigenvalue weighted by Crippen LogP contribution is 2.36. The van der Waals surface area contributed by atoms with Crippen LogP contribution in [0.5, 0.6) is 0 Å². The van der Waals surface area contributed by atoms with Crippen molar-refractivity contribution >= 4 is 18.4 Å². The summed E-state index contributed by atoms with van der Waals surface area (Å²) in [5, 5.41) is 0. The van der Waals surface area contributed by atoms with Gasteiger partial charge in [0.15, 0.2) is 0 Å². The Kier molecular flexibility index (Phi) is 2.89. The van der Waals surface area contributed by atoms with E-state index < -0.39 is 0 Å². The van der Waals surface area contributed by atoms with Crippen molar-refractivity contribution in [2.45, 2.75) is 38.9 Å². The molecule has 1 fully saturated rings. The Balaban J connectivity index is 2.20. The van der Waals surface area contributed by atoms with Gasteiger partial charge in [0.25, 0.3) is 0 Å². The number of nitrogens with two attached hydrogens (primary N) is 1. The Labute approximate surface area is 102 Å². The van der Waals surface area contributed by atoms with Crippen molar-refractivity contribution in [2.75, 3.05) is 5.43 Å². The van der Waals surface area contributed by atoms with Gasteiger partial charge in [-0.25, -0.2) is 10.8 Å². The second-order valence-electron chi connectivity index (χ2n) is 5.21. The van der Waals surface area contributed by atoms with Crippen molar-refractivity contribution < 1.29 is 9.31 Å². The lowest BCUT2D eigenvalue weighted by atomic mass is 9.80. The largest absolute Gasteiger partial charge is 0.496 e. The summed E-state index contributed by atoms with van der Waals surface area (Å²) in [6, 6.07) is 3.69. The van der Waals surface area contributed by atoms with Gasteiger partial charge in [-0.1, -0.05) is 6.07 Å². The molecule has 0 atom stereocenters. The second-order valence-corrected chi connectivity index (χ2v) is 5.21. The molecule has 6 heteroatoms. The van der Waals surface area contributed by atoms with Crippen LogP contribution < -0.4 is 16.7 Å². The number of hydrogen-bond acceptors (Lipinski definition) is 5. The zero-order valence-corrected chi connectivity index (χ0v) is 10.7. The van der Waals surface area contributed by atoms with Gasteiger partial charge < -0.3 is 14.7 Å². The molecule has 3 N–H and O–H groups in total. The van der Waals surface area contributed by atoms with Crippen LogP contribution in [-0.2, 0) is 9.31 Å². The number of pyridine rings is 1. The van der Waals surface area contributed by atoms with Gasteiger partial charge in [-0.05, 0) is 33.8 Å². The van der Waals surface area contributed by atoms with Gasteiger partial charge in [0.05, 0.1) is 11.2 Å². The van der Waals surface area contributed by atoms with Crippen LogP contribution in [0.4, 0.5) is 5.82 Å². The van der Waals surface area contributed by atoms with E-state index in [-0.39, 0.29) is 18.3 Å². The van der Waals surface area contributed by atoms with Gasteiger partial charge in [-0.3, -0.25) is 0 Å². The van der Waals surface area contributed by atoms with E-state index in [0.717, 1.165) is 5.46 Å². The summed E-state index contributed by atoms with van der Waals surface area (Å²) < 4.78 is 11.8. The van der Waals surface area contributed by atoms with E-state index >= 15 is 0 Å². The van der Waals surface area contributed by atoms with Crippen LogP contribution in [0, 0.1) is 0 Å². The van der Waals surface area contributed by atoms with E-state index in [1.165, 1.54) is 0 Å². The molecule has 92 valence electrons. The fourth-order valence-corrected chi connectivity index (χ4v) is 1.61. The van der Waals surface area contributed by atoms with Crippen LogP contribution >= 0.6 is 0 Å². The summed E-state index contributed by atoms with van der Waals surface area (Å²) in [4.78, 5) is 4.14. The van der Waals surface area contributed by atoms with Crippen molar-refractivity contribution in [2.24, 2.45) is 5.84 Å². The molecule has 2 rings (SSSR count). The molecule has 0 aromatic carbocycles. The van der Waals surface area contributed by atoms with Crippen LogP contribution in [-0.4, -0.2) is 23.3 Å². The Bertz CT molecular complexity index is 390. The van der Waals surface area contributed by atoms with Gasteiger partial charge in [-0.2, -0.15) is 0 Å². The molecule has 0 saturated carbocycles. The molecule has 1 aromatic heterocycles. The minimum atomic E-state index is -0.376. The first-order chi connectivity index (χ1) is 7.86. The van der Waals surface area contributed by atoms with E-state index in [4.69, 9.17) is 15.2 Å². The zero-order valence-electron chi connectivity index (χ0n) is 10.7. The monoisotopic (exact) mass is 235 g/mol. The average Bonchev–Trinajstić information content (AvgIpc) is 2.48. The van der Waals surface area contributed by atoms with Crippen molar-refractivity contribution in [1.29, 1.82) is 0 Å². The molecule has 1 saturated heterocycles. The molecular formula is C11H18BN3O2. The Morgan fingerprint density at radius 1 is 1.18 bits per heavy atom. The third-order valence-corrected chi connectivity index (χ3v) is 3.46. The van der Waals surface area contributed by atoms with Crippen LogP contribution in [0.3, 0.4) is 0 Å². The van der Waals surface area contributed by atoms with Crippen LogP contribution in [0.15, 0.2) is 18.3 Å². The number of rotatable bonds is 2. The van der Waals surface area contributed by atoms with E-state index in [9.17, 15) is 0 Å². The second kappa shape index (κ2) is 3.98. The van der Waals surface area contributed by atoms with Gasteiger partial charge in [0.2, 0.25) is 0 Å². The van der Waals surface area contributed by atoms with Gasteiger partial charge in [0.1, 0.15) is 5.82 Å². The molecule has 1 aliphatic heterocycles. The highest BCUT2D eigenvalue weighted by Gasteiger charge is 2.51. The first-order valence-corrected chi connectivity index (χ1v) is 5.64. The zero-order chi connectivity index (χ0) is 12.7. The molecular weight excluding hydrogens is 217 g/mol. The molecule has 0 amide bonds. The van der Waals surface area contributed by atoms with Crippen molar-refractivity contribution in [3.8, 4) is 0 Å². The number of nitrogen functional groups attached to an aromatic ring is 1. The Morgan fingerprint density at radius 2 is 1.76 bits per heavy atom. The molecule has 1 aliphatic rings. The number of hydrazine groups is 1. The summed E-state index contributed by atoms with van der Waals surface area (Å²) in [7, 11) is -0.376. The molecule has 0 unspecified atom stereocenters. The quantitative estimate of drug-likeness (QED) is 0.448. The summed E-state index contributed by atoms with van der Waals surface area (Å²) in [5.41, 5.74) is 2.71. The molecule has 0 aliphatic carbocycles. The van der Waals surface area contributed by atoms with Crippen LogP contribution in [0.25, 0.3) is 0 Å². The first-order valence-electron chi connectivity index (χ1n) is 5.64. The number of hydrogen-bond donors (Lipinski definition) is 2. The number of anilines is 1. The molecule has 0 spiro atoms. The van der Waals surface area contributed by atoms with Gasteiger partial charge in [-0.15, -0.1) is 0 Å². The van der Waals surface area contributed by atoms with Gasteiger partial charge in [0, 0.05) is 11.7 Å². The SMILES string of the molecule is CC1(C)OB(c2ccc(NN)nc2)OC1(C)C. The predicted molar refractivity (Wildman–Crippen MR) is 67.8 cm³/mol. The number of nitrogens with one attached hydrogen (secondary N) is 1. The Morgan fingerprint density at radius 3 is 2.18 bits per heavy atom. The smallest absolute Gasteiger partial charge is 0.399 e. The lowest BCUT2D eigenvalue weighted by molar-refractivity contribution is 0.00578. The third kappa shape index (κ3) is 2.16. The minimum Gasteiger partial charge on any atom is -0.399 e. The van der Waals surface area contributed by atoms with Crippen molar-refractivity contribution in [3.05, 3.63) is 18.3 Å². The fraction of sp³-hybridized carbons (Fsp3) is 0.545. The molecule has 2 heterocycles. The van der Waals surface area contributed by atoms with Crippen molar-refractivity contribution in [1.82, 2.24) is 4.98 Å². The summed E-state index contributed by atoms with van der Waals surface area (Å²) in [5.74, 6) is 5.88. The molecule has 5 nitrogen and oxygen atoms in total. The standard InChI is InChI=1S/C11H18BN3O2/c1-10(2)11(3,4)17-12(16-10)8-5-6-9(15-13)14-7-8/h5-7H,13H2,1-4H3,(H,14,15). The van der Waals surface area contributed by atoms with Gasteiger partial charge >= 0.3 is 7.12 Å². The van der Waals surface area contributed by atoms with Crippen LogP contribution in [0.2, 0.25) is 0 Å². The fourth-order valence-electron chi connectivity index (χ4n) is 1.61. The number of nitrogens with zero attached hydrogens (tertiary/aromatic N) is 1. The highest BCUT2D eigenvalue weighted by atomic mass is 16.7. The molecule has 1 aromatic rings. The normalized spacial score (nSPS) is 21.6. The maximum absolute atomic E-state index is 5.91. The van der Waals surface area contributed by atoms with E-state index in [0.29, 0.717) is 5.82 Å². The summed E-state index contributed by atoms with van der Waals surface area (Å²) in [6.07, 6.45) is 1.71. The highest BCUT2D eigenvalue weighted by molar-refractivity contribution is 6.62. The lowest BCUT2D eigenvalue weighted by Gasteiger charge is -2.32. The topological polar surface area (TPSA) is 69.4 Å². The molecule has 17 heavy (non-hydrogen) atoms.